The Bertz CT molecular complexity index is 415. The summed E-state index contributed by atoms with van der Waals surface area (Å²) in [6, 6.07) is 2.97. The Kier molecular flexibility index (Phi) is 5.97. The summed E-state index contributed by atoms with van der Waals surface area (Å²) in [5.41, 5.74) is 0. The Morgan fingerprint density at radius 2 is 2.40 bits per heavy atom. The molecule has 1 saturated heterocycles. The second-order valence-corrected chi connectivity index (χ2v) is 4.74. The van der Waals surface area contributed by atoms with Crippen LogP contribution in [0.3, 0.4) is 0 Å². The largest absolute Gasteiger partial charge is 0.433 e. The van der Waals surface area contributed by atoms with E-state index in [4.69, 9.17) is 13.9 Å². The molecule has 1 aromatic rings. The van der Waals surface area contributed by atoms with Crippen LogP contribution in [0.2, 0.25) is 0 Å². The van der Waals surface area contributed by atoms with Gasteiger partial charge in [-0.3, -0.25) is 10.1 Å². The zero-order valence-corrected chi connectivity index (χ0v) is 11.4. The smallest absolute Gasteiger partial charge is 0.404 e. The number of furan rings is 1. The first kappa shape index (κ1) is 15.0. The maximum absolute atomic E-state index is 10.4. The Morgan fingerprint density at radius 1 is 1.50 bits per heavy atom. The summed E-state index contributed by atoms with van der Waals surface area (Å²) in [5, 5.41) is 13.6. The molecule has 7 nitrogen and oxygen atoms in total. The number of nitro groups is 1. The molecule has 1 aliphatic heterocycles. The highest BCUT2D eigenvalue weighted by Crippen LogP contribution is 2.15. The lowest BCUT2D eigenvalue weighted by atomic mass is 10.2. The van der Waals surface area contributed by atoms with Crippen molar-refractivity contribution in [3.8, 4) is 0 Å². The molecule has 2 rings (SSSR count). The van der Waals surface area contributed by atoms with E-state index in [1.165, 1.54) is 6.07 Å². The van der Waals surface area contributed by atoms with Crippen LogP contribution in [0.5, 0.6) is 0 Å². The number of hydrogen-bond acceptors (Lipinski definition) is 6. The van der Waals surface area contributed by atoms with Crippen LogP contribution in [-0.2, 0) is 16.0 Å². The van der Waals surface area contributed by atoms with Gasteiger partial charge in [-0.2, -0.15) is 0 Å². The second kappa shape index (κ2) is 7.98. The van der Waals surface area contributed by atoms with E-state index in [0.717, 1.165) is 32.4 Å². The minimum Gasteiger partial charge on any atom is -0.404 e. The fourth-order valence-corrected chi connectivity index (χ4v) is 2.06. The van der Waals surface area contributed by atoms with E-state index >= 15 is 0 Å². The summed E-state index contributed by atoms with van der Waals surface area (Å²) in [6.45, 7) is 3.47. The van der Waals surface area contributed by atoms with Gasteiger partial charge in [-0.1, -0.05) is 0 Å². The van der Waals surface area contributed by atoms with E-state index in [1.54, 1.807) is 6.07 Å². The molecule has 1 aromatic heterocycles. The van der Waals surface area contributed by atoms with Gasteiger partial charge in [-0.15, -0.1) is 0 Å². The quantitative estimate of drug-likeness (QED) is 0.423. The third-order valence-corrected chi connectivity index (χ3v) is 3.10. The van der Waals surface area contributed by atoms with Gasteiger partial charge in [-0.25, -0.2) is 0 Å². The van der Waals surface area contributed by atoms with Crippen molar-refractivity contribution in [2.45, 2.75) is 31.9 Å². The zero-order chi connectivity index (χ0) is 14.2. The van der Waals surface area contributed by atoms with Crippen LogP contribution in [0, 0.1) is 10.1 Å². The molecule has 0 radical (unpaired) electrons. The van der Waals surface area contributed by atoms with E-state index in [9.17, 15) is 10.1 Å². The molecule has 0 bridgehead atoms. The minimum absolute atomic E-state index is 0.221. The van der Waals surface area contributed by atoms with Gasteiger partial charge in [-0.05, 0) is 31.9 Å². The van der Waals surface area contributed by atoms with Gasteiger partial charge in [0.2, 0.25) is 0 Å². The first-order valence-electron chi connectivity index (χ1n) is 6.89. The number of rotatable bonds is 9. The summed E-state index contributed by atoms with van der Waals surface area (Å²) < 4.78 is 16.0. The van der Waals surface area contributed by atoms with Crippen LogP contribution in [0.4, 0.5) is 5.88 Å². The predicted molar refractivity (Wildman–Crippen MR) is 71.5 cm³/mol. The molecule has 2 heterocycles. The average Bonchev–Trinajstić information content (AvgIpc) is 3.08. The summed E-state index contributed by atoms with van der Waals surface area (Å²) >= 11 is 0. The molecule has 0 spiro atoms. The second-order valence-electron chi connectivity index (χ2n) is 4.74. The van der Waals surface area contributed by atoms with Crippen molar-refractivity contribution in [3.63, 3.8) is 0 Å². The van der Waals surface area contributed by atoms with Crippen LogP contribution in [-0.4, -0.2) is 37.4 Å². The van der Waals surface area contributed by atoms with Gasteiger partial charge >= 0.3 is 5.88 Å². The third-order valence-electron chi connectivity index (χ3n) is 3.10. The van der Waals surface area contributed by atoms with Crippen molar-refractivity contribution in [1.82, 2.24) is 5.32 Å². The lowest BCUT2D eigenvalue weighted by Crippen LogP contribution is -2.18. The van der Waals surface area contributed by atoms with Gasteiger partial charge in [0, 0.05) is 13.2 Å². The number of hydrogen-bond donors (Lipinski definition) is 1. The third kappa shape index (κ3) is 4.92. The lowest BCUT2D eigenvalue weighted by molar-refractivity contribution is -0.402. The van der Waals surface area contributed by atoms with Gasteiger partial charge in [0.1, 0.15) is 10.7 Å². The summed E-state index contributed by atoms with van der Waals surface area (Å²) in [5.74, 6) is 0.346. The molecule has 20 heavy (non-hydrogen) atoms. The number of ether oxygens (including phenoxy) is 2. The summed E-state index contributed by atoms with van der Waals surface area (Å²) in [6.07, 6.45) is 3.38. The van der Waals surface area contributed by atoms with E-state index in [0.29, 0.717) is 25.5 Å². The average molecular weight is 284 g/mol. The first-order chi connectivity index (χ1) is 9.75. The zero-order valence-electron chi connectivity index (χ0n) is 11.4. The Balaban J connectivity index is 1.47. The van der Waals surface area contributed by atoms with Gasteiger partial charge in [0.05, 0.1) is 25.3 Å². The van der Waals surface area contributed by atoms with Crippen LogP contribution >= 0.6 is 0 Å². The predicted octanol–water partition coefficient (Wildman–Crippen LogP) is 1.86. The van der Waals surface area contributed by atoms with E-state index < -0.39 is 4.92 Å². The molecule has 1 aliphatic rings. The molecule has 1 atom stereocenters. The minimum atomic E-state index is -0.539. The van der Waals surface area contributed by atoms with Gasteiger partial charge in [0.15, 0.2) is 0 Å². The van der Waals surface area contributed by atoms with E-state index in [2.05, 4.69) is 5.32 Å². The highest BCUT2D eigenvalue weighted by molar-refractivity contribution is 5.17. The van der Waals surface area contributed by atoms with Crippen molar-refractivity contribution >= 4 is 5.88 Å². The van der Waals surface area contributed by atoms with Crippen LogP contribution in [0.25, 0.3) is 0 Å². The molecule has 0 aromatic carbocycles. The van der Waals surface area contributed by atoms with Crippen molar-refractivity contribution in [1.29, 1.82) is 0 Å². The normalized spacial score (nSPS) is 18.5. The first-order valence-corrected chi connectivity index (χ1v) is 6.89. The lowest BCUT2D eigenvalue weighted by Gasteiger charge is -2.09. The van der Waals surface area contributed by atoms with Gasteiger partial charge in [0.25, 0.3) is 0 Å². The molecule has 1 N–H and O–H groups in total. The fourth-order valence-electron chi connectivity index (χ4n) is 2.06. The van der Waals surface area contributed by atoms with E-state index in [1.807, 2.05) is 0 Å². The molecule has 0 amide bonds. The molecule has 0 saturated carbocycles. The van der Waals surface area contributed by atoms with E-state index in [-0.39, 0.29) is 12.0 Å². The molecule has 0 aliphatic carbocycles. The van der Waals surface area contributed by atoms with Crippen molar-refractivity contribution < 1.29 is 18.8 Å². The number of nitrogens with one attached hydrogen (secondary N) is 1. The molecular weight excluding hydrogens is 264 g/mol. The Morgan fingerprint density at radius 3 is 3.10 bits per heavy atom. The van der Waals surface area contributed by atoms with Gasteiger partial charge < -0.3 is 19.2 Å². The van der Waals surface area contributed by atoms with Crippen molar-refractivity contribution in [2.24, 2.45) is 0 Å². The molecule has 1 fully saturated rings. The summed E-state index contributed by atoms with van der Waals surface area (Å²) in [7, 11) is 0. The van der Waals surface area contributed by atoms with Crippen LogP contribution < -0.4 is 5.32 Å². The molecular formula is C13H20N2O5. The highest BCUT2D eigenvalue weighted by Gasteiger charge is 2.15. The van der Waals surface area contributed by atoms with Crippen molar-refractivity contribution in [3.05, 3.63) is 28.0 Å². The summed E-state index contributed by atoms with van der Waals surface area (Å²) in [4.78, 5) is 9.90. The maximum Gasteiger partial charge on any atom is 0.433 e. The standard InChI is InChI=1S/C13H20N2O5/c16-15(17)13-5-4-11(20-13)9-14-6-2-7-18-10-12-3-1-8-19-12/h4-5,12,14H,1-3,6-10H2. The monoisotopic (exact) mass is 284 g/mol. The SMILES string of the molecule is O=[N+]([O-])c1ccc(CNCCCOCC2CCCO2)o1. The maximum atomic E-state index is 10.4. The number of nitrogens with zero attached hydrogens (tertiary/aromatic N) is 1. The fraction of sp³-hybridized carbons (Fsp3) is 0.692. The Hall–Kier alpha value is -1.44. The Labute approximate surface area is 117 Å². The van der Waals surface area contributed by atoms with Crippen LogP contribution in [0.15, 0.2) is 16.5 Å². The molecule has 1 unspecified atom stereocenters. The van der Waals surface area contributed by atoms with Crippen LogP contribution in [0.1, 0.15) is 25.0 Å². The van der Waals surface area contributed by atoms with Crippen molar-refractivity contribution in [2.75, 3.05) is 26.4 Å². The molecule has 7 heteroatoms. The molecule has 112 valence electrons. The highest BCUT2D eigenvalue weighted by atomic mass is 16.6. The topological polar surface area (TPSA) is 86.8 Å².